The van der Waals surface area contributed by atoms with Gasteiger partial charge in [-0.1, -0.05) is 0 Å². The highest BCUT2D eigenvalue weighted by molar-refractivity contribution is 6.08. The maximum atomic E-state index is 13.4. The van der Waals surface area contributed by atoms with Crippen LogP contribution in [0.4, 0.5) is 23.2 Å². The first-order valence-corrected chi connectivity index (χ1v) is 5.63. The van der Waals surface area contributed by atoms with Crippen LogP contribution in [0.25, 0.3) is 0 Å². The van der Waals surface area contributed by atoms with Gasteiger partial charge in [-0.2, -0.15) is 13.2 Å². The van der Waals surface area contributed by atoms with Crippen LogP contribution in [0.3, 0.4) is 0 Å². The Balaban J connectivity index is 3.11. The van der Waals surface area contributed by atoms with Gasteiger partial charge in [-0.05, 0) is 32.0 Å². The van der Waals surface area contributed by atoms with Crippen molar-refractivity contribution >= 4 is 17.6 Å². The van der Waals surface area contributed by atoms with E-state index in [0.717, 1.165) is 6.92 Å². The second-order valence-electron chi connectivity index (χ2n) is 4.20. The topological polar surface area (TPSA) is 66.4 Å². The summed E-state index contributed by atoms with van der Waals surface area (Å²) in [6.07, 6.45) is -4.69. The first-order chi connectivity index (χ1) is 9.54. The quantitative estimate of drug-likeness (QED) is 0.665. The molecule has 2 N–H and O–H groups in total. The summed E-state index contributed by atoms with van der Waals surface area (Å²) in [5, 5.41) is 10.6. The molecule has 1 amide bonds. The monoisotopic (exact) mass is 305 g/mol. The van der Waals surface area contributed by atoms with Gasteiger partial charge in [0.1, 0.15) is 5.82 Å². The molecule has 0 radical (unpaired) electrons. The van der Waals surface area contributed by atoms with Crippen LogP contribution in [0, 0.1) is 5.82 Å². The van der Waals surface area contributed by atoms with E-state index >= 15 is 0 Å². The second kappa shape index (κ2) is 5.94. The lowest BCUT2D eigenvalue weighted by Gasteiger charge is -2.11. The zero-order valence-electron chi connectivity index (χ0n) is 11.0. The fourth-order valence-electron chi connectivity index (χ4n) is 1.34. The van der Waals surface area contributed by atoms with Crippen LogP contribution < -0.4 is 5.32 Å². The van der Waals surface area contributed by atoms with E-state index in [4.69, 9.17) is 5.11 Å². The highest BCUT2D eigenvalue weighted by Crippen LogP contribution is 2.31. The molecule has 21 heavy (non-hydrogen) atoms. The number of amides is 1. The summed E-state index contributed by atoms with van der Waals surface area (Å²) in [7, 11) is 0. The number of carboxylic acids is 1. The van der Waals surface area contributed by atoms with E-state index in [1.165, 1.54) is 6.92 Å². The van der Waals surface area contributed by atoms with E-state index in [1.807, 2.05) is 5.32 Å². The molecule has 0 atom stereocenters. The van der Waals surface area contributed by atoms with Crippen molar-refractivity contribution in [3.05, 3.63) is 40.7 Å². The summed E-state index contributed by atoms with van der Waals surface area (Å²) < 4.78 is 50.9. The minimum atomic E-state index is -4.69. The molecule has 0 unspecified atom stereocenters. The fourth-order valence-corrected chi connectivity index (χ4v) is 1.34. The second-order valence-corrected chi connectivity index (χ2v) is 4.20. The molecule has 0 saturated carbocycles. The van der Waals surface area contributed by atoms with Gasteiger partial charge in [-0.25, -0.2) is 9.18 Å². The van der Waals surface area contributed by atoms with Crippen molar-refractivity contribution in [3.8, 4) is 0 Å². The fraction of sp³-hybridized carbons (Fsp3) is 0.231. The molecule has 1 rings (SSSR count). The number of benzene rings is 1. The SMILES string of the molecule is CC(C(=O)O)=C(C)C(=O)Nc1cc(C(F)(F)F)ccc1F. The Morgan fingerprint density at radius 3 is 2.19 bits per heavy atom. The van der Waals surface area contributed by atoms with Gasteiger partial charge >= 0.3 is 12.1 Å². The van der Waals surface area contributed by atoms with E-state index in [9.17, 15) is 27.2 Å². The van der Waals surface area contributed by atoms with Crippen molar-refractivity contribution in [2.24, 2.45) is 0 Å². The molecule has 8 heteroatoms. The smallest absolute Gasteiger partial charge is 0.416 e. The number of aliphatic carboxylic acids is 1. The predicted octanol–water partition coefficient (Wildman–Crippen LogP) is 3.20. The summed E-state index contributed by atoms with van der Waals surface area (Å²) in [5.74, 6) is -3.41. The molecule has 0 fully saturated rings. The van der Waals surface area contributed by atoms with Gasteiger partial charge in [0, 0.05) is 11.1 Å². The van der Waals surface area contributed by atoms with Crippen LogP contribution in [0.5, 0.6) is 0 Å². The Morgan fingerprint density at radius 2 is 1.71 bits per heavy atom. The van der Waals surface area contributed by atoms with Crippen LogP contribution in [-0.2, 0) is 15.8 Å². The first kappa shape index (κ1) is 16.7. The van der Waals surface area contributed by atoms with E-state index in [2.05, 4.69) is 0 Å². The zero-order valence-corrected chi connectivity index (χ0v) is 11.0. The lowest BCUT2D eigenvalue weighted by atomic mass is 10.1. The molecule has 0 heterocycles. The lowest BCUT2D eigenvalue weighted by Crippen LogP contribution is -2.17. The van der Waals surface area contributed by atoms with Crippen molar-refractivity contribution in [3.63, 3.8) is 0 Å². The van der Waals surface area contributed by atoms with E-state index < -0.39 is 35.1 Å². The van der Waals surface area contributed by atoms with Crippen LogP contribution in [-0.4, -0.2) is 17.0 Å². The third-order valence-electron chi connectivity index (χ3n) is 2.77. The van der Waals surface area contributed by atoms with Crippen molar-refractivity contribution in [2.75, 3.05) is 5.32 Å². The first-order valence-electron chi connectivity index (χ1n) is 5.63. The summed E-state index contributed by atoms with van der Waals surface area (Å²) in [5.41, 5.74) is -2.33. The van der Waals surface area contributed by atoms with Crippen LogP contribution in [0.2, 0.25) is 0 Å². The lowest BCUT2D eigenvalue weighted by molar-refractivity contribution is -0.137. The molecule has 1 aromatic rings. The average Bonchev–Trinajstić information content (AvgIpc) is 2.37. The van der Waals surface area contributed by atoms with Gasteiger partial charge in [0.15, 0.2) is 0 Å². The molecular formula is C13H11F4NO3. The Morgan fingerprint density at radius 1 is 1.14 bits per heavy atom. The van der Waals surface area contributed by atoms with Crippen molar-refractivity contribution in [1.29, 1.82) is 0 Å². The van der Waals surface area contributed by atoms with Crippen molar-refractivity contribution in [2.45, 2.75) is 20.0 Å². The molecule has 0 saturated heterocycles. The minimum Gasteiger partial charge on any atom is -0.478 e. The molecule has 114 valence electrons. The van der Waals surface area contributed by atoms with Crippen LogP contribution >= 0.6 is 0 Å². The van der Waals surface area contributed by atoms with Crippen molar-refractivity contribution in [1.82, 2.24) is 0 Å². The molecule has 0 aromatic heterocycles. The Hall–Kier alpha value is -2.38. The van der Waals surface area contributed by atoms with Crippen LogP contribution in [0.1, 0.15) is 19.4 Å². The Labute approximate surface area is 117 Å². The summed E-state index contributed by atoms with van der Waals surface area (Å²) in [4.78, 5) is 22.4. The number of alkyl halides is 3. The third-order valence-corrected chi connectivity index (χ3v) is 2.77. The number of hydrogen-bond donors (Lipinski definition) is 2. The Kier molecular flexibility index (Phi) is 4.72. The molecule has 0 spiro atoms. The minimum absolute atomic E-state index is 0.237. The number of carbonyl (C=O) groups excluding carboxylic acids is 1. The number of carboxylic acid groups (broad SMARTS) is 1. The molecule has 1 aromatic carbocycles. The number of halogens is 4. The highest BCUT2D eigenvalue weighted by Gasteiger charge is 2.31. The molecule has 0 aliphatic rings. The molecule has 0 bridgehead atoms. The zero-order chi connectivity index (χ0) is 16.4. The van der Waals surface area contributed by atoms with Gasteiger partial charge in [0.25, 0.3) is 5.91 Å². The summed E-state index contributed by atoms with van der Waals surface area (Å²) in [6, 6.07) is 1.55. The number of anilines is 1. The highest BCUT2D eigenvalue weighted by atomic mass is 19.4. The molecule has 0 aliphatic heterocycles. The standard InChI is InChI=1S/C13H11F4NO3/c1-6(7(2)12(20)21)11(19)18-10-5-8(13(15,16)17)3-4-9(10)14/h3-5H,1-2H3,(H,18,19)(H,20,21). The van der Waals surface area contributed by atoms with Gasteiger partial charge in [0.05, 0.1) is 11.3 Å². The summed E-state index contributed by atoms with van der Waals surface area (Å²) >= 11 is 0. The van der Waals surface area contributed by atoms with Gasteiger partial charge < -0.3 is 10.4 Å². The van der Waals surface area contributed by atoms with Gasteiger partial charge in [-0.15, -0.1) is 0 Å². The molecule has 0 aliphatic carbocycles. The van der Waals surface area contributed by atoms with E-state index in [0.29, 0.717) is 18.2 Å². The number of hydrogen-bond acceptors (Lipinski definition) is 2. The number of carbonyl (C=O) groups is 2. The predicted molar refractivity (Wildman–Crippen MR) is 66.0 cm³/mol. The molecule has 4 nitrogen and oxygen atoms in total. The third kappa shape index (κ3) is 4.04. The van der Waals surface area contributed by atoms with E-state index in [1.54, 1.807) is 0 Å². The maximum Gasteiger partial charge on any atom is 0.416 e. The maximum absolute atomic E-state index is 13.4. The number of rotatable bonds is 3. The molecular weight excluding hydrogens is 294 g/mol. The van der Waals surface area contributed by atoms with E-state index in [-0.39, 0.29) is 11.1 Å². The van der Waals surface area contributed by atoms with Gasteiger partial charge in [-0.3, -0.25) is 4.79 Å². The largest absolute Gasteiger partial charge is 0.478 e. The summed E-state index contributed by atoms with van der Waals surface area (Å²) in [6.45, 7) is 2.32. The number of nitrogens with one attached hydrogen (secondary N) is 1. The van der Waals surface area contributed by atoms with Crippen molar-refractivity contribution < 1.29 is 32.3 Å². The average molecular weight is 305 g/mol. The van der Waals surface area contributed by atoms with Gasteiger partial charge in [0.2, 0.25) is 0 Å². The van der Waals surface area contributed by atoms with Crippen LogP contribution in [0.15, 0.2) is 29.3 Å². The Bertz CT molecular complexity index is 620. The normalized spacial score (nSPS) is 12.7.